The Hall–Kier alpha value is -1.30. The predicted octanol–water partition coefficient (Wildman–Crippen LogP) is -0.0827. The fourth-order valence-corrected chi connectivity index (χ4v) is 2.10. The smallest absolute Gasteiger partial charge is 0.246 e. The molecule has 0 aliphatic carbocycles. The third kappa shape index (κ3) is 2.20. The van der Waals surface area contributed by atoms with Crippen molar-refractivity contribution in [1.82, 2.24) is 20.1 Å². The lowest BCUT2D eigenvalue weighted by Gasteiger charge is -2.25. The summed E-state index contributed by atoms with van der Waals surface area (Å²) in [5.74, 6) is 1.12. The predicted molar refractivity (Wildman–Crippen MR) is 59.7 cm³/mol. The molecule has 1 aliphatic rings. The summed E-state index contributed by atoms with van der Waals surface area (Å²) in [7, 11) is 4.17. The van der Waals surface area contributed by atoms with Gasteiger partial charge in [-0.3, -0.25) is 0 Å². The van der Waals surface area contributed by atoms with E-state index in [2.05, 4.69) is 39.1 Å². The van der Waals surface area contributed by atoms with Crippen LogP contribution in [0.2, 0.25) is 0 Å². The average Bonchev–Trinajstić information content (AvgIpc) is 2.72. The summed E-state index contributed by atoms with van der Waals surface area (Å²) in [5, 5.41) is 6.78. The summed E-state index contributed by atoms with van der Waals surface area (Å²) in [4.78, 5) is 8.59. The van der Waals surface area contributed by atoms with Crippen LogP contribution in [0, 0.1) is 0 Å². The standard InChI is InChI=1S/C9H18N6/c1-14(2)6-7-4-3-5-15(7)9-11-8(10)12-13-9/h7H,3-6H2,1-2H3,(H3,10,11,12,13). The molecule has 0 saturated carbocycles. The van der Waals surface area contributed by atoms with Crippen LogP contribution in [0.15, 0.2) is 0 Å². The van der Waals surface area contributed by atoms with Gasteiger partial charge in [0.2, 0.25) is 11.9 Å². The normalized spacial score (nSPS) is 21.5. The quantitative estimate of drug-likeness (QED) is 0.730. The van der Waals surface area contributed by atoms with Gasteiger partial charge in [-0.2, -0.15) is 4.98 Å². The van der Waals surface area contributed by atoms with E-state index in [1.165, 1.54) is 12.8 Å². The van der Waals surface area contributed by atoms with E-state index in [9.17, 15) is 0 Å². The Kier molecular flexibility index (Phi) is 2.77. The first-order chi connectivity index (χ1) is 7.16. The van der Waals surface area contributed by atoms with Gasteiger partial charge >= 0.3 is 0 Å². The van der Waals surface area contributed by atoms with Crippen LogP contribution < -0.4 is 10.6 Å². The van der Waals surface area contributed by atoms with Crippen LogP contribution in [-0.2, 0) is 0 Å². The zero-order valence-electron chi connectivity index (χ0n) is 9.27. The molecule has 2 heterocycles. The number of nitrogen functional groups attached to an aromatic ring is 1. The largest absolute Gasteiger partial charge is 0.368 e. The van der Waals surface area contributed by atoms with Crippen LogP contribution in [0.3, 0.4) is 0 Å². The van der Waals surface area contributed by atoms with Gasteiger partial charge in [0.1, 0.15) is 0 Å². The molecule has 3 N–H and O–H groups in total. The number of rotatable bonds is 3. The lowest BCUT2D eigenvalue weighted by Crippen LogP contribution is -2.38. The maximum atomic E-state index is 5.53. The number of hydrogen-bond acceptors (Lipinski definition) is 5. The van der Waals surface area contributed by atoms with E-state index in [0.717, 1.165) is 19.0 Å². The first-order valence-electron chi connectivity index (χ1n) is 5.26. The molecular weight excluding hydrogens is 192 g/mol. The molecular formula is C9H18N6. The molecule has 0 aromatic carbocycles. The van der Waals surface area contributed by atoms with Crippen molar-refractivity contribution in [3.63, 3.8) is 0 Å². The first kappa shape index (κ1) is 10.2. The Morgan fingerprint density at radius 1 is 1.60 bits per heavy atom. The van der Waals surface area contributed by atoms with Crippen LogP contribution >= 0.6 is 0 Å². The van der Waals surface area contributed by atoms with E-state index >= 15 is 0 Å². The lowest BCUT2D eigenvalue weighted by molar-refractivity contribution is 0.371. The van der Waals surface area contributed by atoms with Crippen LogP contribution in [0.1, 0.15) is 12.8 Å². The van der Waals surface area contributed by atoms with Crippen molar-refractivity contribution in [2.45, 2.75) is 18.9 Å². The van der Waals surface area contributed by atoms with Crippen LogP contribution in [0.4, 0.5) is 11.9 Å². The maximum absolute atomic E-state index is 5.53. The van der Waals surface area contributed by atoms with Gasteiger partial charge in [0.05, 0.1) is 0 Å². The number of H-pyrrole nitrogens is 1. The molecule has 6 nitrogen and oxygen atoms in total. The third-order valence-electron chi connectivity index (χ3n) is 2.70. The molecule has 6 heteroatoms. The van der Waals surface area contributed by atoms with Crippen LogP contribution in [0.25, 0.3) is 0 Å². The zero-order valence-corrected chi connectivity index (χ0v) is 9.27. The SMILES string of the molecule is CN(C)CC1CCCN1c1n[nH]c(N)n1. The molecule has 0 spiro atoms. The molecule has 2 rings (SSSR count). The molecule has 1 aromatic rings. The number of hydrogen-bond donors (Lipinski definition) is 2. The van der Waals surface area contributed by atoms with Gasteiger partial charge in [-0.25, -0.2) is 5.10 Å². The number of likely N-dealkylation sites (N-methyl/N-ethyl adjacent to an activating group) is 1. The molecule has 1 unspecified atom stereocenters. The number of aromatic amines is 1. The Bertz CT molecular complexity index is 320. The van der Waals surface area contributed by atoms with E-state index in [0.29, 0.717) is 12.0 Å². The average molecular weight is 210 g/mol. The maximum Gasteiger partial charge on any atom is 0.246 e. The second kappa shape index (κ2) is 4.06. The second-order valence-corrected chi connectivity index (χ2v) is 4.27. The highest BCUT2D eigenvalue weighted by atomic mass is 15.4. The van der Waals surface area contributed by atoms with E-state index in [-0.39, 0.29) is 0 Å². The van der Waals surface area contributed by atoms with Gasteiger partial charge < -0.3 is 15.5 Å². The van der Waals surface area contributed by atoms with Crippen molar-refractivity contribution >= 4 is 11.9 Å². The zero-order chi connectivity index (χ0) is 10.8. The molecule has 1 saturated heterocycles. The van der Waals surface area contributed by atoms with Gasteiger partial charge in [-0.15, -0.1) is 5.10 Å². The number of anilines is 2. The summed E-state index contributed by atoms with van der Waals surface area (Å²) in [6.07, 6.45) is 2.40. The van der Waals surface area contributed by atoms with E-state index in [1.54, 1.807) is 0 Å². The number of nitrogens with one attached hydrogen (secondary N) is 1. The Morgan fingerprint density at radius 3 is 3.00 bits per heavy atom. The molecule has 0 amide bonds. The number of nitrogens with zero attached hydrogens (tertiary/aromatic N) is 4. The molecule has 15 heavy (non-hydrogen) atoms. The molecule has 1 atom stereocenters. The van der Waals surface area contributed by atoms with Gasteiger partial charge in [-0.05, 0) is 26.9 Å². The molecule has 1 aromatic heterocycles. The van der Waals surface area contributed by atoms with Crippen molar-refractivity contribution in [3.8, 4) is 0 Å². The summed E-state index contributed by atoms with van der Waals surface area (Å²) >= 11 is 0. The Labute approximate surface area is 89.5 Å². The fraction of sp³-hybridized carbons (Fsp3) is 0.778. The van der Waals surface area contributed by atoms with Crippen molar-refractivity contribution in [2.24, 2.45) is 0 Å². The molecule has 0 radical (unpaired) electrons. The van der Waals surface area contributed by atoms with Gasteiger partial charge in [-0.1, -0.05) is 0 Å². The van der Waals surface area contributed by atoms with Gasteiger partial charge in [0.25, 0.3) is 0 Å². The topological polar surface area (TPSA) is 74.1 Å². The lowest BCUT2D eigenvalue weighted by atomic mass is 10.2. The van der Waals surface area contributed by atoms with Crippen molar-refractivity contribution in [2.75, 3.05) is 37.8 Å². The fourth-order valence-electron chi connectivity index (χ4n) is 2.10. The highest BCUT2D eigenvalue weighted by molar-refractivity contribution is 5.36. The highest BCUT2D eigenvalue weighted by Crippen LogP contribution is 2.22. The summed E-state index contributed by atoms with van der Waals surface area (Å²) in [6, 6.07) is 0.509. The van der Waals surface area contributed by atoms with E-state index in [1.807, 2.05) is 0 Å². The first-order valence-corrected chi connectivity index (χ1v) is 5.26. The highest BCUT2D eigenvalue weighted by Gasteiger charge is 2.27. The Balaban J connectivity index is 2.07. The van der Waals surface area contributed by atoms with Crippen LogP contribution in [-0.4, -0.2) is 53.3 Å². The van der Waals surface area contributed by atoms with E-state index in [4.69, 9.17) is 5.73 Å². The van der Waals surface area contributed by atoms with E-state index < -0.39 is 0 Å². The summed E-state index contributed by atoms with van der Waals surface area (Å²) < 4.78 is 0. The molecule has 0 bridgehead atoms. The molecule has 1 fully saturated rings. The second-order valence-electron chi connectivity index (χ2n) is 4.27. The minimum Gasteiger partial charge on any atom is -0.368 e. The van der Waals surface area contributed by atoms with Crippen molar-refractivity contribution in [1.29, 1.82) is 0 Å². The summed E-state index contributed by atoms with van der Waals surface area (Å²) in [5.41, 5.74) is 5.53. The Morgan fingerprint density at radius 2 is 2.40 bits per heavy atom. The third-order valence-corrected chi connectivity index (χ3v) is 2.70. The minimum atomic E-state index is 0.389. The molecule has 1 aliphatic heterocycles. The number of nitrogens with two attached hydrogens (primary N) is 1. The van der Waals surface area contributed by atoms with Crippen molar-refractivity contribution < 1.29 is 0 Å². The molecule has 84 valence electrons. The minimum absolute atomic E-state index is 0.389. The van der Waals surface area contributed by atoms with Crippen LogP contribution in [0.5, 0.6) is 0 Å². The number of aromatic nitrogens is 3. The monoisotopic (exact) mass is 210 g/mol. The van der Waals surface area contributed by atoms with Gasteiger partial charge in [0, 0.05) is 19.1 Å². The van der Waals surface area contributed by atoms with Crippen molar-refractivity contribution in [3.05, 3.63) is 0 Å². The van der Waals surface area contributed by atoms with Gasteiger partial charge in [0.15, 0.2) is 0 Å². The summed E-state index contributed by atoms with van der Waals surface area (Å²) in [6.45, 7) is 2.06.